The van der Waals surface area contributed by atoms with Gasteiger partial charge in [-0.15, -0.1) is 0 Å². The number of hydrogen-bond acceptors (Lipinski definition) is 18. The van der Waals surface area contributed by atoms with E-state index in [0.717, 1.165) is 5.56 Å². The zero-order valence-electron chi connectivity index (χ0n) is 67.9. The van der Waals surface area contributed by atoms with E-state index in [0.29, 0.717) is 63.5 Å². The number of likely N-dealkylation sites (tertiary alicyclic amines) is 3. The summed E-state index contributed by atoms with van der Waals surface area (Å²) in [7, 11) is 0. The highest BCUT2D eigenvalue weighted by atomic mass is 16.4. The van der Waals surface area contributed by atoms with E-state index in [1.165, 1.54) is 44.8 Å². The van der Waals surface area contributed by atoms with Crippen LogP contribution in [0.25, 0.3) is 0 Å². The molecule has 13 amide bonds. The number of amides is 13. The smallest absolute Gasteiger partial charge is 0.326 e. The van der Waals surface area contributed by atoms with Gasteiger partial charge < -0.3 is 93.8 Å². The normalized spacial score (nSPS) is 16.9. The van der Waals surface area contributed by atoms with E-state index in [-0.39, 0.29) is 146 Å². The molecule has 5 rings (SSSR count). The second kappa shape index (κ2) is 51.2. The van der Waals surface area contributed by atoms with Gasteiger partial charge in [-0.05, 0) is 93.6 Å². The molecule has 0 aromatic heterocycles. The number of carboxylic acids is 3. The van der Waals surface area contributed by atoms with Crippen molar-refractivity contribution in [3.63, 3.8) is 0 Å². The molecular formula is C82H118N16O20. The molecule has 16 N–H and O–H groups in total. The lowest BCUT2D eigenvalue weighted by Gasteiger charge is -2.34. The summed E-state index contributed by atoms with van der Waals surface area (Å²) in [5, 5.41) is 63.2. The molecule has 36 nitrogen and oxygen atoms in total. The molecule has 36 heteroatoms. The molecule has 0 spiro atoms. The molecule has 2 aromatic carbocycles. The molecule has 1 unspecified atom stereocenters. The van der Waals surface area contributed by atoms with Crippen LogP contribution < -0.4 is 58.9 Å². The zero-order chi connectivity index (χ0) is 86.8. The summed E-state index contributed by atoms with van der Waals surface area (Å²) in [6.07, 6.45) is 10.3. The molecule has 3 heterocycles. The minimum atomic E-state index is -1.75. The first-order valence-electron chi connectivity index (χ1n) is 40.3. The van der Waals surface area contributed by atoms with Gasteiger partial charge in [0.25, 0.3) is 0 Å². The Balaban J connectivity index is 1.04. The van der Waals surface area contributed by atoms with Crippen LogP contribution in [0.2, 0.25) is 0 Å². The Kier molecular flexibility index (Phi) is 42.0. The fourth-order valence-electron chi connectivity index (χ4n) is 13.9. The lowest BCUT2D eigenvalue weighted by molar-refractivity contribution is -0.146. The first kappa shape index (κ1) is 96.7. The predicted octanol–water partition coefficient (Wildman–Crippen LogP) is 0.909. The van der Waals surface area contributed by atoms with Crippen molar-refractivity contribution >= 4 is 106 Å². The number of aliphatic carboxylic acids is 3. The molecule has 3 fully saturated rings. The minimum Gasteiger partial charge on any atom is -0.481 e. The lowest BCUT2D eigenvalue weighted by Crippen LogP contribution is -2.60. The van der Waals surface area contributed by atoms with Crippen LogP contribution >= 0.6 is 0 Å². The van der Waals surface area contributed by atoms with Crippen LogP contribution in [0.3, 0.4) is 0 Å². The number of hydrogen-bond donors (Lipinski definition) is 15. The molecule has 10 atom stereocenters. The number of ketones is 1. The molecule has 2 aromatic rings. The fourth-order valence-corrected chi connectivity index (χ4v) is 13.9. The third-order valence-electron chi connectivity index (χ3n) is 20.1. The number of nitrogens with zero attached hydrogens (tertiary/aromatic N) is 4. The SMILES string of the molecule is CCC(C)[C@H](NC(=O)[C@@H]1CCCN1C(=O)[C@H](CCC(=O)O)NC(=O)[C@H](Cc1ccccc1)NC(=O)[C@H](CC(=O)O)NC(=O)C/C=C/CNC(=O)C/C=C/CNC(=O)C/C=C/CNC(=O)CCCCC(=O)CN(CCCNC(=N)N)C(=O)[C@@H]1CCCN1C(=O)[C@@H](Cc1ccccc1)NC(C)=O)C(=O)N1CCC[C@H]1C(=O)N[C@@H](CC(C)C)C(=O)O. The van der Waals surface area contributed by atoms with Gasteiger partial charge in [0.2, 0.25) is 76.8 Å². The van der Waals surface area contributed by atoms with Gasteiger partial charge >= 0.3 is 17.9 Å². The number of rotatable bonds is 51. The summed E-state index contributed by atoms with van der Waals surface area (Å²) in [6.45, 7) is 9.27. The summed E-state index contributed by atoms with van der Waals surface area (Å²) in [5.74, 6) is -13.1. The number of benzene rings is 2. The Morgan fingerprint density at radius 2 is 1.00 bits per heavy atom. The molecule has 646 valence electrons. The van der Waals surface area contributed by atoms with Gasteiger partial charge in [-0.25, -0.2) is 4.79 Å². The standard InChI is InChI=1S/C82H118N16O20/c1-6-53(4)72(80(116)97-45-22-30-63(97)75(111)93-62(81(117)118)47-52(2)3)94-76(112)64-31-21-44-96(64)77(113)58(37-38-70(105)106)91-73(109)59(48-55-25-9-7-10-26-55)92-74(110)60(50-71(107)108)90-69(104)36-17-20-41-87-68(103)35-16-19-40-86-67(102)34-15-18-39-85-66(101)33-14-13-29-57(100)51-95(43-24-42-88-82(83)84)79(115)65-32-23-46-98(65)78(114)61(89-54(5)99)49-56-27-11-8-12-28-56/h7-12,15-20,25-28,52-53,58-65,72H,6,13-14,21-24,29-51H2,1-5H3,(H,85,101)(H,86,102)(H,87,103)(H,89,99)(H,90,104)(H,91,109)(H,92,110)(H,93,111)(H,94,112)(H,105,106)(H,107,108)(H,117,118)(H4,83,84,88)/b18-15+,19-16+,20-17+/t53?,58-,59-,60-,61+,62-,63-,64-,65-,72-/m0/s1. The molecule has 3 saturated heterocycles. The van der Waals surface area contributed by atoms with E-state index in [4.69, 9.17) is 11.1 Å². The van der Waals surface area contributed by atoms with Crippen molar-refractivity contribution < 1.29 is 96.8 Å². The lowest BCUT2D eigenvalue weighted by atomic mass is 9.96. The Labute approximate surface area is 687 Å². The number of carbonyl (C=O) groups excluding carboxylic acids is 14. The Hall–Kier alpha value is -11.9. The van der Waals surface area contributed by atoms with Crippen LogP contribution in [0.1, 0.15) is 168 Å². The van der Waals surface area contributed by atoms with Crippen molar-refractivity contribution in [1.82, 2.24) is 72.8 Å². The molecule has 0 radical (unpaired) electrons. The third kappa shape index (κ3) is 34.5. The maximum absolute atomic E-state index is 14.6. The van der Waals surface area contributed by atoms with E-state index < -0.39 is 162 Å². The monoisotopic (exact) mass is 1650 g/mol. The number of carbonyl (C=O) groups is 17. The summed E-state index contributed by atoms with van der Waals surface area (Å²) in [4.78, 5) is 231. The predicted molar refractivity (Wildman–Crippen MR) is 432 cm³/mol. The Morgan fingerprint density at radius 3 is 1.52 bits per heavy atom. The van der Waals surface area contributed by atoms with Crippen molar-refractivity contribution in [2.24, 2.45) is 17.6 Å². The topological polar surface area (TPSA) is 534 Å². The molecule has 0 bridgehead atoms. The van der Waals surface area contributed by atoms with Crippen LogP contribution in [0.4, 0.5) is 0 Å². The van der Waals surface area contributed by atoms with E-state index in [2.05, 4.69) is 53.2 Å². The first-order valence-corrected chi connectivity index (χ1v) is 40.3. The number of carboxylic acid groups (broad SMARTS) is 3. The van der Waals surface area contributed by atoms with E-state index in [9.17, 15) is 96.8 Å². The molecule has 3 aliphatic rings. The summed E-state index contributed by atoms with van der Waals surface area (Å²) in [6, 6.07) is 6.13. The van der Waals surface area contributed by atoms with E-state index in [1.807, 2.05) is 44.2 Å². The molecule has 3 aliphatic heterocycles. The van der Waals surface area contributed by atoms with Gasteiger partial charge in [-0.1, -0.05) is 131 Å². The Morgan fingerprint density at radius 1 is 0.517 bits per heavy atom. The van der Waals surface area contributed by atoms with Gasteiger partial charge in [0.1, 0.15) is 54.4 Å². The quantitative estimate of drug-likeness (QED) is 0.0189. The number of guanidine groups is 1. The maximum Gasteiger partial charge on any atom is 0.326 e. The summed E-state index contributed by atoms with van der Waals surface area (Å²) >= 11 is 0. The Bertz CT molecular complexity index is 3900. The van der Waals surface area contributed by atoms with Gasteiger partial charge in [-0.2, -0.15) is 0 Å². The second-order valence-corrected chi connectivity index (χ2v) is 30.0. The maximum atomic E-state index is 14.6. The van der Waals surface area contributed by atoms with Crippen LogP contribution in [-0.4, -0.2) is 255 Å². The number of nitrogens with two attached hydrogens (primary N) is 1. The molecule has 0 saturated carbocycles. The van der Waals surface area contributed by atoms with Crippen LogP contribution in [0.5, 0.6) is 0 Å². The summed E-state index contributed by atoms with van der Waals surface area (Å²) < 4.78 is 0. The minimum absolute atomic E-state index is 0.00880. The second-order valence-electron chi connectivity index (χ2n) is 30.0. The van der Waals surface area contributed by atoms with Gasteiger partial charge in [0.05, 0.1) is 13.0 Å². The van der Waals surface area contributed by atoms with Crippen molar-refractivity contribution in [1.29, 1.82) is 5.41 Å². The highest BCUT2D eigenvalue weighted by Gasteiger charge is 2.45. The third-order valence-corrected chi connectivity index (χ3v) is 20.1. The van der Waals surface area contributed by atoms with E-state index >= 15 is 0 Å². The zero-order valence-corrected chi connectivity index (χ0v) is 67.9. The number of nitrogens with one attached hydrogen (secondary N) is 11. The molecular weight excluding hydrogens is 1530 g/mol. The van der Waals surface area contributed by atoms with Crippen molar-refractivity contribution in [3.05, 3.63) is 108 Å². The number of Topliss-reactive ketones (excluding diaryl/α,β-unsaturated/α-hetero) is 1. The van der Waals surface area contributed by atoms with Gasteiger partial charge in [0.15, 0.2) is 11.7 Å². The van der Waals surface area contributed by atoms with Gasteiger partial charge in [-0.3, -0.25) is 82.1 Å². The van der Waals surface area contributed by atoms with Crippen LogP contribution in [0, 0.1) is 17.2 Å². The first-order chi connectivity index (χ1) is 56.3. The van der Waals surface area contributed by atoms with Crippen LogP contribution in [-0.2, 0) is 94.3 Å². The highest BCUT2D eigenvalue weighted by molar-refractivity contribution is 5.99. The molecule has 0 aliphatic carbocycles. The highest BCUT2D eigenvalue weighted by Crippen LogP contribution is 2.27. The van der Waals surface area contributed by atoms with E-state index in [1.54, 1.807) is 62.4 Å². The van der Waals surface area contributed by atoms with Crippen molar-refractivity contribution in [2.45, 2.75) is 224 Å². The van der Waals surface area contributed by atoms with Crippen LogP contribution in [0.15, 0.2) is 97.1 Å². The van der Waals surface area contributed by atoms with Crippen molar-refractivity contribution in [3.8, 4) is 0 Å². The fraction of sp³-hybridized carbons (Fsp3) is 0.561. The van der Waals surface area contributed by atoms with Gasteiger partial charge in [0, 0.05) is 111 Å². The van der Waals surface area contributed by atoms with Crippen molar-refractivity contribution in [2.75, 3.05) is 58.9 Å². The average Bonchev–Trinajstić information content (AvgIpc) is 1.63. The largest absolute Gasteiger partial charge is 0.481 e. The number of unbranched alkanes of at least 4 members (excludes halogenated alkanes) is 1. The molecule has 118 heavy (non-hydrogen) atoms. The average molecular weight is 1650 g/mol. The summed E-state index contributed by atoms with van der Waals surface area (Å²) in [5.41, 5.74) is 6.76.